The Balaban J connectivity index is 0.00000289. The van der Waals surface area contributed by atoms with Crippen molar-refractivity contribution < 1.29 is 19.5 Å². The predicted molar refractivity (Wildman–Crippen MR) is 135 cm³/mol. The van der Waals surface area contributed by atoms with Gasteiger partial charge in [-0.3, -0.25) is 24.8 Å². The number of carboxylic acid groups (broad SMARTS) is 1. The number of nitrogens with one attached hydrogen (secondary N) is 2. The van der Waals surface area contributed by atoms with E-state index in [1.807, 2.05) is 36.2 Å². The highest BCUT2D eigenvalue weighted by molar-refractivity contribution is 5.95. The van der Waals surface area contributed by atoms with Crippen LogP contribution in [-0.2, 0) is 22.7 Å². The maximum absolute atomic E-state index is 13.0. The molecule has 0 fully saturated rings. The van der Waals surface area contributed by atoms with Gasteiger partial charge in [-0.15, -0.1) is 24.8 Å². The first-order valence-corrected chi connectivity index (χ1v) is 10.5. The molecule has 34 heavy (non-hydrogen) atoms. The molecule has 2 aromatic carbocycles. The number of hydrogen-bond donors (Lipinski definition) is 3. The van der Waals surface area contributed by atoms with Gasteiger partial charge in [0, 0.05) is 37.9 Å². The minimum Gasteiger partial charge on any atom is -0.480 e. The molecule has 9 nitrogen and oxygen atoms in total. The van der Waals surface area contributed by atoms with Crippen molar-refractivity contribution in [2.75, 3.05) is 31.6 Å². The van der Waals surface area contributed by atoms with Crippen LogP contribution in [0.3, 0.4) is 0 Å². The average Bonchev–Trinajstić information content (AvgIpc) is 3.20. The van der Waals surface area contributed by atoms with Gasteiger partial charge in [0.25, 0.3) is 11.8 Å². The van der Waals surface area contributed by atoms with E-state index in [0.717, 1.165) is 0 Å². The molecule has 0 saturated carbocycles. The fourth-order valence-corrected chi connectivity index (χ4v) is 3.73. The molecule has 0 radical (unpaired) electrons. The molecule has 186 valence electrons. The summed E-state index contributed by atoms with van der Waals surface area (Å²) < 4.78 is 0. The third kappa shape index (κ3) is 7.07. The second kappa shape index (κ2) is 13.1. The van der Waals surface area contributed by atoms with Crippen LogP contribution in [0.4, 0.5) is 5.69 Å². The van der Waals surface area contributed by atoms with Crippen molar-refractivity contribution >= 4 is 48.3 Å². The van der Waals surface area contributed by atoms with Gasteiger partial charge < -0.3 is 10.0 Å². The van der Waals surface area contributed by atoms with E-state index in [0.29, 0.717) is 36.4 Å². The van der Waals surface area contributed by atoms with Crippen molar-refractivity contribution in [3.05, 3.63) is 64.7 Å². The molecule has 11 heteroatoms. The fraction of sp³-hybridized carbons (Fsp3) is 0.348. The molecule has 3 rings (SSSR count). The Morgan fingerprint density at radius 3 is 2.18 bits per heavy atom. The molecular weight excluding hydrogens is 481 g/mol. The maximum Gasteiger partial charge on any atom is 0.323 e. The first-order valence-electron chi connectivity index (χ1n) is 10.5. The Morgan fingerprint density at radius 1 is 1.03 bits per heavy atom. The molecule has 0 saturated heterocycles. The van der Waals surface area contributed by atoms with Gasteiger partial charge in [-0.25, -0.2) is 10.4 Å². The second-order valence-electron chi connectivity index (χ2n) is 7.74. The number of aryl methyl sites for hydroxylation is 1. The van der Waals surface area contributed by atoms with E-state index in [9.17, 15) is 19.5 Å². The highest BCUT2D eigenvalue weighted by atomic mass is 35.5. The van der Waals surface area contributed by atoms with Gasteiger partial charge in [0.15, 0.2) is 0 Å². The zero-order valence-electron chi connectivity index (χ0n) is 19.4. The Kier molecular flexibility index (Phi) is 11.3. The Bertz CT molecular complexity index is 996. The lowest BCUT2D eigenvalue weighted by Crippen LogP contribution is -2.47. The summed E-state index contributed by atoms with van der Waals surface area (Å²) in [5.41, 5.74) is 9.44. The summed E-state index contributed by atoms with van der Waals surface area (Å²) >= 11 is 0. The summed E-state index contributed by atoms with van der Waals surface area (Å²) in [6.45, 7) is 5.08. The molecule has 0 unspecified atom stereocenters. The van der Waals surface area contributed by atoms with Crippen LogP contribution in [0, 0.1) is 6.92 Å². The third-order valence-corrected chi connectivity index (χ3v) is 5.44. The van der Waals surface area contributed by atoms with Crippen molar-refractivity contribution in [1.29, 1.82) is 0 Å². The van der Waals surface area contributed by atoms with Crippen molar-refractivity contribution in [1.82, 2.24) is 20.9 Å². The smallest absolute Gasteiger partial charge is 0.323 e. The highest BCUT2D eigenvalue weighted by Crippen LogP contribution is 2.25. The number of halogens is 2. The van der Waals surface area contributed by atoms with Crippen LogP contribution in [0.15, 0.2) is 42.5 Å². The van der Waals surface area contributed by atoms with Gasteiger partial charge in [0.2, 0.25) is 0 Å². The summed E-state index contributed by atoms with van der Waals surface area (Å²) in [5, 5.41) is 12.9. The molecular formula is C23H31Cl2N5O4. The van der Waals surface area contributed by atoms with Crippen LogP contribution in [0.1, 0.15) is 34.0 Å². The first-order chi connectivity index (χ1) is 15.3. The highest BCUT2D eigenvalue weighted by Gasteiger charge is 2.27. The molecule has 0 aliphatic carbocycles. The molecule has 2 amide bonds. The number of fused-ring (bicyclic) bond motifs is 1. The van der Waals surface area contributed by atoms with E-state index >= 15 is 0 Å². The molecule has 2 aromatic rings. The standard InChI is InChI=1S/C23H29N5O4.2ClH/c1-4-24-25-23(32)17-9-10-20(16(2)11-17)27(15-22(30)31)14-21(29)26(3)28-12-18-7-5-6-8-19(18)13-28;;/h5-11,24H,4,12-15H2,1-3H3,(H,25,32)(H,30,31);2*1H. The number of likely N-dealkylation sites (N-methyl/N-ethyl adjacent to an activating group) is 1. The van der Waals surface area contributed by atoms with Crippen molar-refractivity contribution in [2.45, 2.75) is 26.9 Å². The summed E-state index contributed by atoms with van der Waals surface area (Å²) in [5.74, 6) is -1.54. The molecule has 1 aliphatic heterocycles. The molecule has 3 N–H and O–H groups in total. The Hall–Kier alpha value is -2.85. The molecule has 0 atom stereocenters. The van der Waals surface area contributed by atoms with Gasteiger partial charge in [0.1, 0.15) is 6.54 Å². The lowest BCUT2D eigenvalue weighted by atomic mass is 10.1. The monoisotopic (exact) mass is 511 g/mol. The number of carbonyl (C=O) groups is 3. The Morgan fingerprint density at radius 2 is 1.65 bits per heavy atom. The van der Waals surface area contributed by atoms with Crippen LogP contribution in [-0.4, -0.2) is 59.6 Å². The molecule has 1 heterocycles. The number of rotatable bonds is 9. The van der Waals surface area contributed by atoms with Gasteiger partial charge in [-0.05, 0) is 41.8 Å². The average molecular weight is 512 g/mol. The van der Waals surface area contributed by atoms with Crippen LogP contribution in [0.5, 0.6) is 0 Å². The lowest BCUT2D eigenvalue weighted by molar-refractivity contribution is -0.145. The van der Waals surface area contributed by atoms with Crippen molar-refractivity contribution in [2.24, 2.45) is 0 Å². The normalized spacial score (nSPS) is 12.1. The number of nitrogens with zero attached hydrogens (tertiary/aromatic N) is 3. The van der Waals surface area contributed by atoms with E-state index in [-0.39, 0.29) is 49.7 Å². The number of hydrazine groups is 2. The van der Waals surface area contributed by atoms with Gasteiger partial charge in [-0.1, -0.05) is 31.2 Å². The van der Waals surface area contributed by atoms with Crippen LogP contribution < -0.4 is 15.8 Å². The molecule has 1 aliphatic rings. The van der Waals surface area contributed by atoms with Crippen LogP contribution in [0.25, 0.3) is 0 Å². The number of anilines is 1. The van der Waals surface area contributed by atoms with Crippen LogP contribution >= 0.6 is 24.8 Å². The Labute approximate surface area is 211 Å². The summed E-state index contributed by atoms with van der Waals surface area (Å²) in [6.07, 6.45) is 0. The van der Waals surface area contributed by atoms with E-state index in [1.54, 1.807) is 37.2 Å². The zero-order valence-corrected chi connectivity index (χ0v) is 21.0. The largest absolute Gasteiger partial charge is 0.480 e. The minimum absolute atomic E-state index is 0. The van der Waals surface area contributed by atoms with Gasteiger partial charge in [-0.2, -0.15) is 0 Å². The zero-order chi connectivity index (χ0) is 23.3. The minimum atomic E-state index is -1.04. The second-order valence-corrected chi connectivity index (χ2v) is 7.74. The number of carbonyl (C=O) groups excluding carboxylic acids is 2. The maximum atomic E-state index is 13.0. The van der Waals surface area contributed by atoms with E-state index in [4.69, 9.17) is 0 Å². The number of hydrogen-bond acceptors (Lipinski definition) is 6. The topological polar surface area (TPSA) is 105 Å². The predicted octanol–water partition coefficient (Wildman–Crippen LogP) is 2.37. The molecule has 0 spiro atoms. The summed E-state index contributed by atoms with van der Waals surface area (Å²) in [4.78, 5) is 38.2. The molecule has 0 bridgehead atoms. The van der Waals surface area contributed by atoms with Gasteiger partial charge >= 0.3 is 5.97 Å². The van der Waals surface area contributed by atoms with E-state index < -0.39 is 5.97 Å². The molecule has 0 aromatic heterocycles. The quantitative estimate of drug-likeness (QED) is 0.443. The number of amides is 2. The first kappa shape index (κ1) is 29.2. The lowest BCUT2D eigenvalue weighted by Gasteiger charge is -2.31. The SMILES string of the molecule is CCNNC(=O)c1ccc(N(CC(=O)O)CC(=O)N(C)N2Cc3ccccc3C2)c(C)c1.Cl.Cl. The number of aliphatic carboxylic acids is 1. The summed E-state index contributed by atoms with van der Waals surface area (Å²) in [6, 6.07) is 13.0. The number of benzene rings is 2. The van der Waals surface area contributed by atoms with E-state index in [2.05, 4.69) is 10.9 Å². The summed E-state index contributed by atoms with van der Waals surface area (Å²) in [7, 11) is 1.70. The number of carboxylic acids is 1. The van der Waals surface area contributed by atoms with E-state index in [1.165, 1.54) is 16.0 Å². The van der Waals surface area contributed by atoms with Crippen LogP contribution in [0.2, 0.25) is 0 Å². The van der Waals surface area contributed by atoms with Crippen molar-refractivity contribution in [3.63, 3.8) is 0 Å². The fourth-order valence-electron chi connectivity index (χ4n) is 3.73. The van der Waals surface area contributed by atoms with Gasteiger partial charge in [0.05, 0.1) is 6.54 Å². The van der Waals surface area contributed by atoms with Crippen molar-refractivity contribution in [3.8, 4) is 0 Å². The third-order valence-electron chi connectivity index (χ3n) is 5.44.